The summed E-state index contributed by atoms with van der Waals surface area (Å²) in [4.78, 5) is 28.2. The normalized spacial score (nSPS) is 13.6. The summed E-state index contributed by atoms with van der Waals surface area (Å²) in [5.74, 6) is 0.857. The fourth-order valence-corrected chi connectivity index (χ4v) is 3.20. The van der Waals surface area contributed by atoms with Gasteiger partial charge in [-0.25, -0.2) is 9.59 Å². The standard InChI is InChI=1S/C21H25N3O5/c1-27-17-8-9-19(28-2)18(14-17)22-21(26)24-12-10-23(11-13-24)16-6-4-15(5-7-16)20(25)29-3/h4-9,14H,10-13H2,1-3H3,(H,22,26). The fourth-order valence-electron chi connectivity index (χ4n) is 3.20. The Morgan fingerprint density at radius 3 is 2.17 bits per heavy atom. The van der Waals surface area contributed by atoms with E-state index in [2.05, 4.69) is 10.2 Å². The molecule has 0 atom stereocenters. The van der Waals surface area contributed by atoms with Gasteiger partial charge in [0, 0.05) is 37.9 Å². The Labute approximate surface area is 170 Å². The molecule has 1 N–H and O–H groups in total. The van der Waals surface area contributed by atoms with Gasteiger partial charge < -0.3 is 29.3 Å². The quantitative estimate of drug-likeness (QED) is 0.779. The number of hydrogen-bond acceptors (Lipinski definition) is 6. The first kappa shape index (κ1) is 20.3. The molecule has 29 heavy (non-hydrogen) atoms. The first-order chi connectivity index (χ1) is 14.0. The van der Waals surface area contributed by atoms with Gasteiger partial charge >= 0.3 is 12.0 Å². The van der Waals surface area contributed by atoms with E-state index in [-0.39, 0.29) is 12.0 Å². The van der Waals surface area contributed by atoms with Crippen molar-refractivity contribution < 1.29 is 23.8 Å². The highest BCUT2D eigenvalue weighted by atomic mass is 16.5. The van der Waals surface area contributed by atoms with Gasteiger partial charge in [0.25, 0.3) is 0 Å². The highest BCUT2D eigenvalue weighted by Gasteiger charge is 2.22. The van der Waals surface area contributed by atoms with Crippen LogP contribution in [0.2, 0.25) is 0 Å². The fraction of sp³-hybridized carbons (Fsp3) is 0.333. The van der Waals surface area contributed by atoms with E-state index in [0.29, 0.717) is 48.9 Å². The zero-order valence-corrected chi connectivity index (χ0v) is 16.8. The minimum Gasteiger partial charge on any atom is -0.497 e. The third-order valence-corrected chi connectivity index (χ3v) is 4.87. The van der Waals surface area contributed by atoms with Crippen LogP contribution in [0.25, 0.3) is 0 Å². The van der Waals surface area contributed by atoms with E-state index < -0.39 is 0 Å². The summed E-state index contributed by atoms with van der Waals surface area (Å²) in [7, 11) is 4.49. The minimum absolute atomic E-state index is 0.183. The van der Waals surface area contributed by atoms with E-state index in [1.807, 2.05) is 12.1 Å². The van der Waals surface area contributed by atoms with Crippen molar-refractivity contribution in [2.75, 3.05) is 57.7 Å². The molecule has 0 bridgehead atoms. The molecule has 2 aromatic rings. The molecular weight excluding hydrogens is 374 g/mol. The summed E-state index contributed by atoms with van der Waals surface area (Å²) >= 11 is 0. The van der Waals surface area contributed by atoms with Gasteiger partial charge in [-0.15, -0.1) is 0 Å². The van der Waals surface area contributed by atoms with E-state index >= 15 is 0 Å². The van der Waals surface area contributed by atoms with Gasteiger partial charge in [-0.3, -0.25) is 0 Å². The first-order valence-electron chi connectivity index (χ1n) is 9.27. The Morgan fingerprint density at radius 1 is 0.897 bits per heavy atom. The molecule has 1 fully saturated rings. The Bertz CT molecular complexity index is 861. The molecule has 2 amide bonds. The monoisotopic (exact) mass is 399 g/mol. The highest BCUT2D eigenvalue weighted by molar-refractivity contribution is 5.91. The lowest BCUT2D eigenvalue weighted by Crippen LogP contribution is -2.50. The van der Waals surface area contributed by atoms with E-state index in [0.717, 1.165) is 5.69 Å². The van der Waals surface area contributed by atoms with Gasteiger partial charge in [-0.1, -0.05) is 0 Å². The lowest BCUT2D eigenvalue weighted by molar-refractivity contribution is 0.0600. The van der Waals surface area contributed by atoms with Crippen molar-refractivity contribution in [2.45, 2.75) is 0 Å². The number of rotatable bonds is 5. The molecule has 8 nitrogen and oxygen atoms in total. The van der Waals surface area contributed by atoms with Crippen LogP contribution in [0.3, 0.4) is 0 Å². The Kier molecular flexibility index (Phi) is 6.43. The number of amides is 2. The van der Waals surface area contributed by atoms with Crippen molar-refractivity contribution >= 4 is 23.4 Å². The molecule has 154 valence electrons. The molecule has 0 aliphatic carbocycles. The number of nitrogens with one attached hydrogen (secondary N) is 1. The molecule has 0 saturated carbocycles. The molecule has 3 rings (SSSR count). The highest BCUT2D eigenvalue weighted by Crippen LogP contribution is 2.29. The smallest absolute Gasteiger partial charge is 0.337 e. The van der Waals surface area contributed by atoms with Crippen molar-refractivity contribution in [1.29, 1.82) is 0 Å². The van der Waals surface area contributed by atoms with Crippen molar-refractivity contribution in [3.05, 3.63) is 48.0 Å². The predicted octanol–water partition coefficient (Wildman–Crippen LogP) is 2.84. The number of nitrogens with zero attached hydrogens (tertiary/aromatic N) is 2. The Balaban J connectivity index is 1.59. The van der Waals surface area contributed by atoms with Crippen LogP contribution in [-0.4, -0.2) is 64.4 Å². The van der Waals surface area contributed by atoms with Gasteiger partial charge in [0.2, 0.25) is 0 Å². The number of esters is 1. The average Bonchev–Trinajstić information content (AvgIpc) is 2.78. The number of hydrogen-bond donors (Lipinski definition) is 1. The van der Waals surface area contributed by atoms with Crippen LogP contribution in [0.1, 0.15) is 10.4 Å². The second-order valence-electron chi connectivity index (χ2n) is 6.51. The molecule has 1 aliphatic heterocycles. The molecule has 0 spiro atoms. The molecule has 1 saturated heterocycles. The van der Waals surface area contributed by atoms with Crippen LogP contribution >= 0.6 is 0 Å². The van der Waals surface area contributed by atoms with Gasteiger partial charge in [0.15, 0.2) is 0 Å². The van der Waals surface area contributed by atoms with Crippen molar-refractivity contribution in [3.63, 3.8) is 0 Å². The molecule has 0 aromatic heterocycles. The van der Waals surface area contributed by atoms with Crippen molar-refractivity contribution in [3.8, 4) is 11.5 Å². The van der Waals surface area contributed by atoms with Gasteiger partial charge in [-0.05, 0) is 36.4 Å². The van der Waals surface area contributed by atoms with Crippen LogP contribution in [-0.2, 0) is 4.74 Å². The van der Waals surface area contributed by atoms with E-state index in [4.69, 9.17) is 14.2 Å². The summed E-state index contributed by atoms with van der Waals surface area (Å²) in [5.41, 5.74) is 2.09. The number of anilines is 2. The molecule has 8 heteroatoms. The predicted molar refractivity (Wildman–Crippen MR) is 110 cm³/mol. The maximum absolute atomic E-state index is 12.7. The topological polar surface area (TPSA) is 80.3 Å². The summed E-state index contributed by atoms with van der Waals surface area (Å²) in [6.07, 6.45) is 0. The summed E-state index contributed by atoms with van der Waals surface area (Å²) in [6.45, 7) is 2.55. The second kappa shape index (κ2) is 9.18. The van der Waals surface area contributed by atoms with E-state index in [1.165, 1.54) is 7.11 Å². The summed E-state index contributed by atoms with van der Waals surface area (Å²) in [5, 5.41) is 2.90. The lowest BCUT2D eigenvalue weighted by Gasteiger charge is -2.36. The largest absolute Gasteiger partial charge is 0.497 e. The SMILES string of the molecule is COC(=O)c1ccc(N2CCN(C(=O)Nc3cc(OC)ccc3OC)CC2)cc1. The van der Waals surface area contributed by atoms with Gasteiger partial charge in [0.05, 0.1) is 32.6 Å². The maximum Gasteiger partial charge on any atom is 0.337 e. The summed E-state index contributed by atoms with van der Waals surface area (Å²) in [6, 6.07) is 12.4. The lowest BCUT2D eigenvalue weighted by atomic mass is 10.2. The molecular formula is C21H25N3O5. The minimum atomic E-state index is -0.356. The summed E-state index contributed by atoms with van der Waals surface area (Å²) < 4.78 is 15.3. The number of urea groups is 1. The third-order valence-electron chi connectivity index (χ3n) is 4.87. The zero-order valence-electron chi connectivity index (χ0n) is 16.8. The molecule has 1 heterocycles. The average molecular weight is 399 g/mol. The number of ether oxygens (including phenoxy) is 3. The van der Waals surface area contributed by atoms with Crippen LogP contribution in [0.15, 0.2) is 42.5 Å². The maximum atomic E-state index is 12.7. The van der Waals surface area contributed by atoms with Crippen LogP contribution < -0.4 is 19.7 Å². The van der Waals surface area contributed by atoms with Crippen LogP contribution in [0.4, 0.5) is 16.2 Å². The number of piperazine rings is 1. The number of carbonyl (C=O) groups is 2. The van der Waals surface area contributed by atoms with Crippen molar-refractivity contribution in [2.24, 2.45) is 0 Å². The molecule has 1 aliphatic rings. The third kappa shape index (κ3) is 4.71. The molecule has 0 unspecified atom stereocenters. The first-order valence-corrected chi connectivity index (χ1v) is 9.27. The molecule has 2 aromatic carbocycles. The Morgan fingerprint density at radius 2 is 1.59 bits per heavy atom. The number of methoxy groups -OCH3 is 3. The van der Waals surface area contributed by atoms with Gasteiger partial charge in [0.1, 0.15) is 11.5 Å². The van der Waals surface area contributed by atoms with E-state index in [9.17, 15) is 9.59 Å². The zero-order chi connectivity index (χ0) is 20.8. The van der Waals surface area contributed by atoms with Crippen LogP contribution in [0.5, 0.6) is 11.5 Å². The van der Waals surface area contributed by atoms with E-state index in [1.54, 1.807) is 49.5 Å². The molecule has 0 radical (unpaired) electrons. The van der Waals surface area contributed by atoms with Crippen molar-refractivity contribution in [1.82, 2.24) is 4.90 Å². The van der Waals surface area contributed by atoms with Crippen LogP contribution in [0, 0.1) is 0 Å². The second-order valence-corrected chi connectivity index (χ2v) is 6.51. The van der Waals surface area contributed by atoms with Gasteiger partial charge in [-0.2, -0.15) is 0 Å². The Hall–Kier alpha value is -3.42. The number of carbonyl (C=O) groups excluding carboxylic acids is 2. The number of benzene rings is 2.